The van der Waals surface area contributed by atoms with E-state index >= 15 is 0 Å². The van der Waals surface area contributed by atoms with Crippen molar-refractivity contribution in [2.45, 2.75) is 108 Å². The van der Waals surface area contributed by atoms with Crippen LogP contribution in [0, 0.1) is 0 Å². The number of aliphatic hydroxyl groups is 3. The monoisotopic (exact) mass is 386 g/mol. The maximum absolute atomic E-state index is 9.82. The van der Waals surface area contributed by atoms with E-state index in [1.165, 1.54) is 64.2 Å². The van der Waals surface area contributed by atoms with Gasteiger partial charge in [0.05, 0.1) is 13.2 Å². The van der Waals surface area contributed by atoms with E-state index in [9.17, 15) is 15.3 Å². The molecule has 1 rings (SSSR count). The molecule has 27 heavy (non-hydrogen) atoms. The highest BCUT2D eigenvalue weighted by Gasteiger charge is 2.37. The standard InChI is InChI=1S/C22H42O5/c1-2-3-4-5-6-7-8-9-10-11-12-13-14-15-16-26-18-20-22(25)21(24)19(23)17-27-20/h3-4,19-25H,2,5-18H2,1H3/b4-3+/t19-,20+,21+,22+/m0/s1. The third-order valence-electron chi connectivity index (χ3n) is 5.20. The molecule has 1 aliphatic rings. The van der Waals surface area contributed by atoms with Crippen LogP contribution in [0.25, 0.3) is 0 Å². The van der Waals surface area contributed by atoms with Crippen molar-refractivity contribution >= 4 is 0 Å². The lowest BCUT2D eigenvalue weighted by atomic mass is 10.0. The molecule has 1 aliphatic heterocycles. The SMILES string of the molecule is CC/C=C/CCCCCCCCCCCCOC[C@H]1OC[C@H](O)[C@@H](O)[C@@H]1O. The van der Waals surface area contributed by atoms with Gasteiger partial charge in [0.2, 0.25) is 0 Å². The van der Waals surface area contributed by atoms with Gasteiger partial charge in [0.1, 0.15) is 24.4 Å². The molecule has 1 saturated heterocycles. The normalized spacial score (nSPS) is 26.1. The zero-order valence-corrected chi connectivity index (χ0v) is 17.2. The lowest BCUT2D eigenvalue weighted by molar-refractivity contribution is -0.199. The van der Waals surface area contributed by atoms with Crippen LogP contribution in [0.4, 0.5) is 0 Å². The smallest absolute Gasteiger partial charge is 0.111 e. The van der Waals surface area contributed by atoms with Gasteiger partial charge in [-0.1, -0.05) is 70.4 Å². The average Bonchev–Trinajstić information content (AvgIpc) is 2.67. The summed E-state index contributed by atoms with van der Waals surface area (Å²) in [6.45, 7) is 3.14. The molecule has 3 N–H and O–H groups in total. The molecule has 0 aromatic heterocycles. The zero-order chi connectivity index (χ0) is 19.7. The number of unbranched alkanes of at least 4 members (excludes halogenated alkanes) is 10. The molecular formula is C22H42O5. The highest BCUT2D eigenvalue weighted by Crippen LogP contribution is 2.16. The number of hydrogen-bond donors (Lipinski definition) is 3. The summed E-state index contributed by atoms with van der Waals surface area (Å²) in [6.07, 6.45) is 16.0. The Morgan fingerprint density at radius 3 is 2.04 bits per heavy atom. The van der Waals surface area contributed by atoms with Crippen molar-refractivity contribution in [2.75, 3.05) is 19.8 Å². The van der Waals surface area contributed by atoms with Crippen molar-refractivity contribution in [3.05, 3.63) is 12.2 Å². The lowest BCUT2D eigenvalue weighted by Crippen LogP contribution is -2.54. The van der Waals surface area contributed by atoms with Gasteiger partial charge in [0, 0.05) is 6.61 Å². The van der Waals surface area contributed by atoms with E-state index < -0.39 is 24.4 Å². The molecule has 0 amide bonds. The van der Waals surface area contributed by atoms with E-state index in [1.54, 1.807) is 0 Å². The minimum atomic E-state index is -1.15. The van der Waals surface area contributed by atoms with Gasteiger partial charge >= 0.3 is 0 Å². The van der Waals surface area contributed by atoms with E-state index in [1.807, 2.05) is 0 Å². The highest BCUT2D eigenvalue weighted by atomic mass is 16.6. The molecule has 1 heterocycles. The largest absolute Gasteiger partial charge is 0.388 e. The second kappa shape index (κ2) is 16.5. The average molecular weight is 387 g/mol. The summed E-state index contributed by atoms with van der Waals surface area (Å²) in [5.41, 5.74) is 0. The lowest BCUT2D eigenvalue weighted by Gasteiger charge is -2.35. The van der Waals surface area contributed by atoms with E-state index in [0.717, 1.165) is 12.8 Å². The maximum atomic E-state index is 9.82. The molecule has 0 spiro atoms. The van der Waals surface area contributed by atoms with E-state index in [0.29, 0.717) is 6.61 Å². The molecule has 4 atom stereocenters. The Labute approximate surface area is 165 Å². The van der Waals surface area contributed by atoms with Gasteiger partial charge in [-0.25, -0.2) is 0 Å². The Morgan fingerprint density at radius 2 is 1.41 bits per heavy atom. The minimum Gasteiger partial charge on any atom is -0.388 e. The number of allylic oxidation sites excluding steroid dienone is 2. The Kier molecular flexibility index (Phi) is 15.0. The molecule has 0 aromatic rings. The quantitative estimate of drug-likeness (QED) is 0.278. The van der Waals surface area contributed by atoms with Crippen LogP contribution < -0.4 is 0 Å². The van der Waals surface area contributed by atoms with E-state index in [2.05, 4.69) is 19.1 Å². The first-order valence-electron chi connectivity index (χ1n) is 11.0. The summed E-state index contributed by atoms with van der Waals surface area (Å²) in [7, 11) is 0. The molecule has 1 fully saturated rings. The summed E-state index contributed by atoms with van der Waals surface area (Å²) in [6, 6.07) is 0. The third-order valence-corrected chi connectivity index (χ3v) is 5.20. The van der Waals surface area contributed by atoms with Gasteiger partial charge in [-0.05, 0) is 25.7 Å². The first-order valence-corrected chi connectivity index (χ1v) is 11.0. The fourth-order valence-corrected chi connectivity index (χ4v) is 3.38. The number of aliphatic hydroxyl groups excluding tert-OH is 3. The Hall–Kier alpha value is -0.460. The van der Waals surface area contributed by atoms with Crippen LogP contribution in [-0.2, 0) is 9.47 Å². The molecule has 0 saturated carbocycles. The molecule has 0 aliphatic carbocycles. The molecule has 0 radical (unpaired) electrons. The summed E-state index contributed by atoms with van der Waals surface area (Å²) in [4.78, 5) is 0. The van der Waals surface area contributed by atoms with Crippen LogP contribution in [0.1, 0.15) is 84.0 Å². The summed E-state index contributed by atoms with van der Waals surface area (Å²) in [5, 5.41) is 28.8. The van der Waals surface area contributed by atoms with Crippen molar-refractivity contribution in [1.82, 2.24) is 0 Å². The predicted molar refractivity (Wildman–Crippen MR) is 109 cm³/mol. The van der Waals surface area contributed by atoms with Crippen LogP contribution >= 0.6 is 0 Å². The van der Waals surface area contributed by atoms with Crippen LogP contribution in [0.3, 0.4) is 0 Å². The van der Waals surface area contributed by atoms with Crippen LogP contribution in [-0.4, -0.2) is 59.6 Å². The molecule has 0 unspecified atom stereocenters. The van der Waals surface area contributed by atoms with Crippen molar-refractivity contribution < 1.29 is 24.8 Å². The second-order valence-corrected chi connectivity index (χ2v) is 7.70. The molecular weight excluding hydrogens is 344 g/mol. The van der Waals surface area contributed by atoms with Gasteiger partial charge in [-0.2, -0.15) is 0 Å². The predicted octanol–water partition coefficient (Wildman–Crippen LogP) is 3.74. The number of hydrogen-bond acceptors (Lipinski definition) is 5. The van der Waals surface area contributed by atoms with Crippen molar-refractivity contribution in [3.63, 3.8) is 0 Å². The Balaban J connectivity index is 1.80. The Morgan fingerprint density at radius 1 is 0.815 bits per heavy atom. The Bertz CT molecular complexity index is 361. The molecule has 0 bridgehead atoms. The number of rotatable bonds is 16. The highest BCUT2D eigenvalue weighted by molar-refractivity contribution is 4.86. The van der Waals surface area contributed by atoms with Crippen LogP contribution in [0.5, 0.6) is 0 Å². The minimum absolute atomic E-state index is 0.0438. The van der Waals surface area contributed by atoms with E-state index in [4.69, 9.17) is 9.47 Å². The van der Waals surface area contributed by atoms with Gasteiger partial charge in [0.25, 0.3) is 0 Å². The van der Waals surface area contributed by atoms with Crippen molar-refractivity contribution in [2.24, 2.45) is 0 Å². The van der Waals surface area contributed by atoms with Crippen LogP contribution in [0.15, 0.2) is 12.2 Å². The van der Waals surface area contributed by atoms with Gasteiger partial charge < -0.3 is 24.8 Å². The van der Waals surface area contributed by atoms with Crippen molar-refractivity contribution in [3.8, 4) is 0 Å². The van der Waals surface area contributed by atoms with Gasteiger partial charge in [-0.15, -0.1) is 0 Å². The third kappa shape index (κ3) is 11.9. The first-order chi connectivity index (χ1) is 13.2. The van der Waals surface area contributed by atoms with Gasteiger partial charge in [0.15, 0.2) is 0 Å². The summed E-state index contributed by atoms with van der Waals surface area (Å²) in [5.74, 6) is 0. The van der Waals surface area contributed by atoms with Crippen LogP contribution in [0.2, 0.25) is 0 Å². The fourth-order valence-electron chi connectivity index (χ4n) is 3.38. The van der Waals surface area contributed by atoms with E-state index in [-0.39, 0.29) is 13.2 Å². The number of ether oxygens (including phenoxy) is 2. The fraction of sp³-hybridized carbons (Fsp3) is 0.909. The van der Waals surface area contributed by atoms with Crippen molar-refractivity contribution in [1.29, 1.82) is 0 Å². The van der Waals surface area contributed by atoms with Gasteiger partial charge in [-0.3, -0.25) is 0 Å². The molecule has 0 aromatic carbocycles. The first kappa shape index (κ1) is 24.6. The topological polar surface area (TPSA) is 79.2 Å². The summed E-state index contributed by atoms with van der Waals surface area (Å²) < 4.78 is 10.9. The molecule has 160 valence electrons. The maximum Gasteiger partial charge on any atom is 0.111 e. The molecule has 5 heteroatoms. The zero-order valence-electron chi connectivity index (χ0n) is 17.2. The molecule has 5 nitrogen and oxygen atoms in total. The summed E-state index contributed by atoms with van der Waals surface area (Å²) >= 11 is 0. The second-order valence-electron chi connectivity index (χ2n) is 7.70.